The van der Waals surface area contributed by atoms with Crippen LogP contribution in [0.2, 0.25) is 0 Å². The summed E-state index contributed by atoms with van der Waals surface area (Å²) in [6.07, 6.45) is -0.137. The predicted octanol–water partition coefficient (Wildman–Crippen LogP) is 2.31. The molecule has 0 saturated carbocycles. The molecule has 0 radical (unpaired) electrons. The van der Waals surface area contributed by atoms with Gasteiger partial charge in [0.05, 0.1) is 11.0 Å². The topological polar surface area (TPSA) is 79.4 Å². The van der Waals surface area contributed by atoms with Gasteiger partial charge in [0.25, 0.3) is 0 Å². The first kappa shape index (κ1) is 12.8. The molecule has 0 fully saturated rings. The summed E-state index contributed by atoms with van der Waals surface area (Å²) in [6.45, 7) is 3.60. The number of carboxylic acids is 1. The lowest BCUT2D eigenvalue weighted by molar-refractivity contribution is 0.0691. The second kappa shape index (κ2) is 4.91. The van der Waals surface area contributed by atoms with Crippen LogP contribution in [0.4, 0.5) is 0 Å². The normalized spacial score (nSPS) is 13.1. The first-order chi connectivity index (χ1) is 8.47. The second-order valence-electron chi connectivity index (χ2n) is 4.12. The van der Waals surface area contributed by atoms with Crippen molar-refractivity contribution in [1.29, 1.82) is 0 Å². The number of hydrogen-bond acceptors (Lipinski definition) is 3. The number of aromatic amines is 1. The van der Waals surface area contributed by atoms with Crippen LogP contribution in [0.1, 0.15) is 24.3 Å². The zero-order chi connectivity index (χ0) is 13.3. The van der Waals surface area contributed by atoms with Crippen LogP contribution in [-0.4, -0.2) is 26.4 Å². The van der Waals surface area contributed by atoms with Gasteiger partial charge in [-0.2, -0.15) is 0 Å². The lowest BCUT2D eigenvalue weighted by atomic mass is 10.2. The Morgan fingerprint density at radius 2 is 2.11 bits per heavy atom. The van der Waals surface area contributed by atoms with E-state index >= 15 is 0 Å². The summed E-state index contributed by atoms with van der Waals surface area (Å²) in [4.78, 5) is 14.1. The molecule has 0 saturated heterocycles. The van der Waals surface area contributed by atoms with Gasteiger partial charge in [-0.05, 0) is 38.1 Å². The van der Waals surface area contributed by atoms with E-state index in [2.05, 4.69) is 4.98 Å². The fraction of sp³-hybridized carbons (Fsp3) is 0.250. The van der Waals surface area contributed by atoms with Gasteiger partial charge in [0.15, 0.2) is 11.1 Å². The number of carboxylic acid groups (broad SMARTS) is 1. The smallest absolute Gasteiger partial charge is 0.352 e. The van der Waals surface area contributed by atoms with E-state index in [1.165, 1.54) is 6.07 Å². The molecular formula is C12H13NO4S. The van der Waals surface area contributed by atoms with Crippen molar-refractivity contribution in [2.45, 2.75) is 24.8 Å². The first-order valence-electron chi connectivity index (χ1n) is 5.42. The summed E-state index contributed by atoms with van der Waals surface area (Å²) in [5, 5.41) is 9.57. The van der Waals surface area contributed by atoms with E-state index in [4.69, 9.17) is 9.29 Å². The van der Waals surface area contributed by atoms with Crippen LogP contribution >= 0.6 is 0 Å². The molecule has 0 amide bonds. The molecule has 0 aliphatic carbocycles. The third kappa shape index (κ3) is 2.60. The Hall–Kier alpha value is -1.66. The van der Waals surface area contributed by atoms with Gasteiger partial charge in [0.2, 0.25) is 0 Å². The number of H-pyrrole nitrogens is 1. The van der Waals surface area contributed by atoms with Gasteiger partial charge in [0, 0.05) is 10.9 Å². The van der Waals surface area contributed by atoms with Crippen LogP contribution in [0.5, 0.6) is 0 Å². The van der Waals surface area contributed by atoms with Gasteiger partial charge in [-0.25, -0.2) is 9.00 Å². The van der Waals surface area contributed by atoms with Gasteiger partial charge in [-0.15, -0.1) is 0 Å². The van der Waals surface area contributed by atoms with Crippen LogP contribution in [-0.2, 0) is 15.3 Å². The third-order valence-electron chi connectivity index (χ3n) is 2.29. The van der Waals surface area contributed by atoms with Gasteiger partial charge < -0.3 is 10.1 Å². The van der Waals surface area contributed by atoms with Gasteiger partial charge in [-0.3, -0.25) is 4.18 Å². The third-order valence-corrected chi connectivity index (χ3v) is 3.49. The van der Waals surface area contributed by atoms with E-state index in [1.807, 2.05) is 0 Å². The molecule has 1 aromatic carbocycles. The fourth-order valence-electron chi connectivity index (χ4n) is 1.56. The lowest BCUT2D eigenvalue weighted by Crippen LogP contribution is -2.05. The molecule has 18 heavy (non-hydrogen) atoms. The van der Waals surface area contributed by atoms with Crippen molar-refractivity contribution in [3.8, 4) is 0 Å². The highest BCUT2D eigenvalue weighted by atomic mass is 32.2. The number of hydrogen-bond donors (Lipinski definition) is 2. The number of fused-ring (bicyclic) bond motifs is 1. The summed E-state index contributed by atoms with van der Waals surface area (Å²) < 4.78 is 17.0. The molecule has 0 aliphatic rings. The minimum Gasteiger partial charge on any atom is -0.477 e. The second-order valence-corrected chi connectivity index (χ2v) is 5.25. The predicted molar refractivity (Wildman–Crippen MR) is 67.9 cm³/mol. The monoisotopic (exact) mass is 267 g/mol. The Kier molecular flexibility index (Phi) is 3.49. The molecule has 1 heterocycles. The summed E-state index contributed by atoms with van der Waals surface area (Å²) >= 11 is -1.53. The van der Waals surface area contributed by atoms with Crippen molar-refractivity contribution < 1.29 is 18.3 Å². The van der Waals surface area contributed by atoms with Crippen LogP contribution in [0.15, 0.2) is 29.2 Å². The van der Waals surface area contributed by atoms with E-state index in [-0.39, 0.29) is 11.8 Å². The highest BCUT2D eigenvalue weighted by molar-refractivity contribution is 7.80. The van der Waals surface area contributed by atoms with Gasteiger partial charge >= 0.3 is 5.97 Å². The molecular weight excluding hydrogens is 254 g/mol. The van der Waals surface area contributed by atoms with Crippen molar-refractivity contribution >= 4 is 28.0 Å². The maximum absolute atomic E-state index is 11.8. The molecule has 1 atom stereocenters. The summed E-state index contributed by atoms with van der Waals surface area (Å²) in [7, 11) is 0. The Bertz CT molecular complexity index is 618. The number of carbonyl (C=O) groups is 1. The molecule has 0 aliphatic heterocycles. The first-order valence-corrected chi connectivity index (χ1v) is 6.50. The maximum atomic E-state index is 11.8. The highest BCUT2D eigenvalue weighted by Gasteiger charge is 2.11. The number of rotatable bonds is 4. The lowest BCUT2D eigenvalue weighted by Gasteiger charge is -2.06. The maximum Gasteiger partial charge on any atom is 0.352 e. The van der Waals surface area contributed by atoms with Crippen LogP contribution in [0.3, 0.4) is 0 Å². The van der Waals surface area contributed by atoms with Crippen LogP contribution in [0, 0.1) is 0 Å². The number of aromatic nitrogens is 1. The molecule has 5 nitrogen and oxygen atoms in total. The Labute approximate surface area is 106 Å². The molecule has 0 spiro atoms. The van der Waals surface area contributed by atoms with Crippen LogP contribution in [0.25, 0.3) is 10.9 Å². The zero-order valence-electron chi connectivity index (χ0n) is 9.97. The summed E-state index contributed by atoms with van der Waals surface area (Å²) in [5.74, 6) is -1.02. The standard InChI is InChI=1S/C12H13NO4S/c1-7(2)17-18(16)9-3-4-10-8(5-9)6-11(13-10)12(14)15/h3-7,13H,1-2H3,(H,14,15). The van der Waals surface area contributed by atoms with E-state index in [1.54, 1.807) is 32.0 Å². The van der Waals surface area contributed by atoms with Crippen molar-refractivity contribution in [3.05, 3.63) is 30.0 Å². The summed E-state index contributed by atoms with van der Waals surface area (Å²) in [5.41, 5.74) is 0.801. The molecule has 2 aromatic rings. The van der Waals surface area contributed by atoms with E-state index in [9.17, 15) is 9.00 Å². The van der Waals surface area contributed by atoms with E-state index in [0.29, 0.717) is 15.8 Å². The van der Waals surface area contributed by atoms with Crippen molar-refractivity contribution in [2.75, 3.05) is 0 Å². The average molecular weight is 267 g/mol. The average Bonchev–Trinajstić information content (AvgIpc) is 2.70. The van der Waals surface area contributed by atoms with Gasteiger partial charge in [0.1, 0.15) is 5.69 Å². The van der Waals surface area contributed by atoms with Crippen molar-refractivity contribution in [1.82, 2.24) is 4.98 Å². The molecule has 1 aromatic heterocycles. The molecule has 1 unspecified atom stereocenters. The van der Waals surface area contributed by atoms with Crippen LogP contribution < -0.4 is 0 Å². The molecule has 2 N–H and O–H groups in total. The quantitative estimate of drug-likeness (QED) is 0.891. The van der Waals surface area contributed by atoms with Crippen molar-refractivity contribution in [2.24, 2.45) is 0 Å². The Morgan fingerprint density at radius 1 is 1.39 bits per heavy atom. The number of benzene rings is 1. The highest BCUT2D eigenvalue weighted by Crippen LogP contribution is 2.20. The van der Waals surface area contributed by atoms with E-state index < -0.39 is 17.0 Å². The summed E-state index contributed by atoms with van der Waals surface area (Å²) in [6, 6.07) is 6.52. The molecule has 6 heteroatoms. The molecule has 2 rings (SSSR count). The zero-order valence-corrected chi connectivity index (χ0v) is 10.8. The molecule has 96 valence electrons. The Morgan fingerprint density at radius 3 is 2.72 bits per heavy atom. The van der Waals surface area contributed by atoms with Gasteiger partial charge in [-0.1, -0.05) is 0 Å². The Balaban J connectivity index is 2.38. The van der Waals surface area contributed by atoms with Crippen molar-refractivity contribution in [3.63, 3.8) is 0 Å². The number of nitrogens with one attached hydrogen (secondary N) is 1. The number of aromatic carboxylic acids is 1. The minimum atomic E-state index is -1.53. The largest absolute Gasteiger partial charge is 0.477 e. The fourth-order valence-corrected chi connectivity index (χ4v) is 2.42. The molecule has 0 bridgehead atoms. The van der Waals surface area contributed by atoms with E-state index in [0.717, 1.165) is 0 Å². The minimum absolute atomic E-state index is 0.109. The SMILES string of the molecule is CC(C)OS(=O)c1ccc2[nH]c(C(=O)O)cc2c1.